The normalized spacial score (nSPS) is 11.1. The predicted molar refractivity (Wildman–Crippen MR) is 104 cm³/mol. The summed E-state index contributed by atoms with van der Waals surface area (Å²) in [5, 5.41) is 4.01. The number of halogens is 2. The van der Waals surface area contributed by atoms with Crippen molar-refractivity contribution < 1.29 is 13.6 Å². The first-order chi connectivity index (χ1) is 12.9. The summed E-state index contributed by atoms with van der Waals surface area (Å²) in [5.74, 6) is -0.804. The summed E-state index contributed by atoms with van der Waals surface area (Å²) in [6, 6.07) is 13.3. The fourth-order valence-electron chi connectivity index (χ4n) is 2.86. The molecule has 1 aromatic heterocycles. The van der Waals surface area contributed by atoms with Gasteiger partial charge in [0.25, 0.3) is 5.91 Å². The molecule has 0 saturated heterocycles. The van der Waals surface area contributed by atoms with Crippen LogP contribution in [-0.4, -0.2) is 5.91 Å². The lowest BCUT2D eigenvalue weighted by Gasteiger charge is -2.08. The summed E-state index contributed by atoms with van der Waals surface area (Å²) in [4.78, 5) is 25.0. The van der Waals surface area contributed by atoms with Crippen LogP contribution in [0.4, 0.5) is 10.1 Å². The third kappa shape index (κ3) is 3.17. The van der Waals surface area contributed by atoms with E-state index in [4.69, 9.17) is 16.0 Å². The number of amides is 1. The Hall–Kier alpha value is -3.18. The number of hydrogen-bond acceptors (Lipinski definition) is 3. The van der Waals surface area contributed by atoms with Crippen molar-refractivity contribution in [2.75, 3.05) is 5.32 Å². The predicted octanol–water partition coefficient (Wildman–Crippen LogP) is 5.30. The zero-order valence-electron chi connectivity index (χ0n) is 14.2. The van der Waals surface area contributed by atoms with Crippen molar-refractivity contribution >= 4 is 45.1 Å². The second kappa shape index (κ2) is 6.52. The van der Waals surface area contributed by atoms with E-state index in [1.165, 1.54) is 24.3 Å². The lowest BCUT2D eigenvalue weighted by atomic mass is 10.1. The SMILES string of the molecule is Cc1cc2oc3cc(NC(=O)c4ccc(F)cc4)ccc3c(=O)c2cc1Cl. The highest BCUT2D eigenvalue weighted by Crippen LogP contribution is 2.26. The molecule has 0 aliphatic rings. The number of rotatable bonds is 2. The molecule has 4 nitrogen and oxygen atoms in total. The molecule has 0 bridgehead atoms. The topological polar surface area (TPSA) is 59.3 Å². The van der Waals surface area contributed by atoms with Gasteiger partial charge in [0, 0.05) is 22.3 Å². The average Bonchev–Trinajstić information content (AvgIpc) is 2.64. The quantitative estimate of drug-likeness (QED) is 0.479. The summed E-state index contributed by atoms with van der Waals surface area (Å²) in [5.41, 5.74) is 2.17. The van der Waals surface area contributed by atoms with Gasteiger partial charge in [-0.3, -0.25) is 9.59 Å². The van der Waals surface area contributed by atoms with E-state index in [-0.39, 0.29) is 11.3 Å². The van der Waals surface area contributed by atoms with Gasteiger partial charge in [-0.2, -0.15) is 0 Å². The summed E-state index contributed by atoms with van der Waals surface area (Å²) in [6.07, 6.45) is 0. The Morgan fingerprint density at radius 2 is 1.70 bits per heavy atom. The lowest BCUT2D eigenvalue weighted by Crippen LogP contribution is -2.12. The molecular formula is C21H13ClFNO3. The monoisotopic (exact) mass is 381 g/mol. The Bertz CT molecular complexity index is 1260. The summed E-state index contributed by atoms with van der Waals surface area (Å²) < 4.78 is 18.8. The molecule has 27 heavy (non-hydrogen) atoms. The highest BCUT2D eigenvalue weighted by atomic mass is 35.5. The molecular weight excluding hydrogens is 369 g/mol. The van der Waals surface area contributed by atoms with E-state index in [0.717, 1.165) is 5.56 Å². The maximum atomic E-state index is 13.0. The lowest BCUT2D eigenvalue weighted by molar-refractivity contribution is 0.102. The van der Waals surface area contributed by atoms with Gasteiger partial charge in [0.1, 0.15) is 17.0 Å². The summed E-state index contributed by atoms with van der Waals surface area (Å²) in [6.45, 7) is 1.82. The third-order valence-corrected chi connectivity index (χ3v) is 4.72. The zero-order valence-corrected chi connectivity index (χ0v) is 14.9. The molecule has 6 heteroatoms. The van der Waals surface area contributed by atoms with E-state index in [9.17, 15) is 14.0 Å². The average molecular weight is 382 g/mol. The molecule has 0 spiro atoms. The van der Waals surface area contributed by atoms with E-state index in [1.54, 1.807) is 30.3 Å². The molecule has 1 heterocycles. The Labute approximate surface area is 158 Å². The van der Waals surface area contributed by atoms with Gasteiger partial charge in [-0.15, -0.1) is 0 Å². The van der Waals surface area contributed by atoms with Crippen LogP contribution in [0.15, 0.2) is 63.8 Å². The van der Waals surface area contributed by atoms with Crippen molar-refractivity contribution in [1.29, 1.82) is 0 Å². The van der Waals surface area contributed by atoms with Crippen LogP contribution in [0.1, 0.15) is 15.9 Å². The second-order valence-electron chi connectivity index (χ2n) is 6.20. The van der Waals surface area contributed by atoms with Crippen LogP contribution in [0.5, 0.6) is 0 Å². The van der Waals surface area contributed by atoms with Crippen molar-refractivity contribution in [1.82, 2.24) is 0 Å². The Morgan fingerprint density at radius 3 is 2.44 bits per heavy atom. The highest BCUT2D eigenvalue weighted by molar-refractivity contribution is 6.32. The van der Waals surface area contributed by atoms with E-state index in [0.29, 0.717) is 38.2 Å². The molecule has 0 aliphatic carbocycles. The van der Waals surface area contributed by atoms with Gasteiger partial charge in [0.05, 0.1) is 10.8 Å². The number of aryl methyl sites for hydroxylation is 1. The minimum Gasteiger partial charge on any atom is -0.456 e. The Morgan fingerprint density at radius 1 is 1.00 bits per heavy atom. The number of carbonyl (C=O) groups is 1. The number of hydrogen-bond donors (Lipinski definition) is 1. The number of fused-ring (bicyclic) bond motifs is 2. The molecule has 4 rings (SSSR count). The molecule has 0 saturated carbocycles. The number of benzene rings is 3. The first-order valence-electron chi connectivity index (χ1n) is 8.16. The highest BCUT2D eigenvalue weighted by Gasteiger charge is 2.12. The van der Waals surface area contributed by atoms with E-state index < -0.39 is 5.82 Å². The standard InChI is InChI=1S/C21H13ClFNO3/c1-11-8-18-16(10-17(11)22)20(25)15-7-6-14(9-19(15)27-18)24-21(26)12-2-4-13(23)5-3-12/h2-10H,1H3,(H,24,26). The first-order valence-corrected chi connectivity index (χ1v) is 8.54. The van der Waals surface area contributed by atoms with Crippen LogP contribution < -0.4 is 10.7 Å². The molecule has 4 aromatic rings. The van der Waals surface area contributed by atoms with Crippen molar-refractivity contribution in [3.63, 3.8) is 0 Å². The molecule has 3 aromatic carbocycles. The van der Waals surface area contributed by atoms with E-state index in [2.05, 4.69) is 5.32 Å². The Kier molecular flexibility index (Phi) is 4.16. The maximum Gasteiger partial charge on any atom is 0.255 e. The number of anilines is 1. The van der Waals surface area contributed by atoms with Crippen molar-refractivity contribution in [3.8, 4) is 0 Å². The second-order valence-corrected chi connectivity index (χ2v) is 6.61. The molecule has 0 atom stereocenters. The smallest absolute Gasteiger partial charge is 0.255 e. The molecule has 1 amide bonds. The van der Waals surface area contributed by atoms with Gasteiger partial charge in [-0.1, -0.05) is 11.6 Å². The van der Waals surface area contributed by atoms with Gasteiger partial charge in [-0.25, -0.2) is 4.39 Å². The molecule has 0 fully saturated rings. The molecule has 1 N–H and O–H groups in total. The van der Waals surface area contributed by atoms with Gasteiger partial charge in [-0.05, 0) is 61.0 Å². The van der Waals surface area contributed by atoms with Crippen molar-refractivity contribution in [2.45, 2.75) is 6.92 Å². The molecule has 0 unspecified atom stereocenters. The minimum absolute atomic E-state index is 0.190. The van der Waals surface area contributed by atoms with Crippen LogP contribution in [-0.2, 0) is 0 Å². The van der Waals surface area contributed by atoms with Crippen molar-refractivity contribution in [3.05, 3.63) is 86.8 Å². The maximum absolute atomic E-state index is 13.0. The van der Waals surface area contributed by atoms with Gasteiger partial charge in [0.15, 0.2) is 0 Å². The van der Waals surface area contributed by atoms with Gasteiger partial charge < -0.3 is 9.73 Å². The molecule has 134 valence electrons. The number of carbonyl (C=O) groups excluding carboxylic acids is 1. The molecule has 0 aliphatic heterocycles. The van der Waals surface area contributed by atoms with Crippen LogP contribution in [0, 0.1) is 12.7 Å². The fourth-order valence-corrected chi connectivity index (χ4v) is 3.02. The summed E-state index contributed by atoms with van der Waals surface area (Å²) in [7, 11) is 0. The largest absolute Gasteiger partial charge is 0.456 e. The first kappa shape index (κ1) is 17.2. The van der Waals surface area contributed by atoms with Gasteiger partial charge in [0.2, 0.25) is 5.43 Å². The number of nitrogens with one attached hydrogen (secondary N) is 1. The van der Waals surface area contributed by atoms with E-state index >= 15 is 0 Å². The summed E-state index contributed by atoms with van der Waals surface area (Å²) >= 11 is 6.11. The Balaban J connectivity index is 1.76. The fraction of sp³-hybridized carbons (Fsp3) is 0.0476. The van der Waals surface area contributed by atoms with Gasteiger partial charge >= 0.3 is 0 Å². The van der Waals surface area contributed by atoms with Crippen LogP contribution in [0.25, 0.3) is 21.9 Å². The third-order valence-electron chi connectivity index (χ3n) is 4.32. The molecule has 0 radical (unpaired) electrons. The van der Waals surface area contributed by atoms with Crippen LogP contribution in [0.3, 0.4) is 0 Å². The van der Waals surface area contributed by atoms with Crippen molar-refractivity contribution in [2.24, 2.45) is 0 Å². The minimum atomic E-state index is -0.415. The van der Waals surface area contributed by atoms with E-state index in [1.807, 2.05) is 6.92 Å². The van der Waals surface area contributed by atoms with Crippen LogP contribution >= 0.6 is 11.6 Å². The zero-order chi connectivity index (χ0) is 19.1. The van der Waals surface area contributed by atoms with Crippen LogP contribution in [0.2, 0.25) is 5.02 Å².